The zero-order chi connectivity index (χ0) is 12.6. The van der Waals surface area contributed by atoms with Crippen LogP contribution < -0.4 is 5.32 Å². The van der Waals surface area contributed by atoms with E-state index >= 15 is 0 Å². The van der Waals surface area contributed by atoms with Crippen molar-refractivity contribution in [3.8, 4) is 0 Å². The molecule has 2 rings (SSSR count). The zero-order valence-electron chi connectivity index (χ0n) is 10.4. The van der Waals surface area contributed by atoms with E-state index in [9.17, 15) is 0 Å². The Morgan fingerprint density at radius 2 is 2.11 bits per heavy atom. The van der Waals surface area contributed by atoms with Crippen LogP contribution in [0.15, 0.2) is 34.9 Å². The molecule has 0 spiro atoms. The molecule has 1 aromatic carbocycles. The van der Waals surface area contributed by atoms with E-state index < -0.39 is 0 Å². The quantitative estimate of drug-likeness (QED) is 0.697. The molecule has 2 aromatic rings. The molecular formula is C14H19NO3. The van der Waals surface area contributed by atoms with Gasteiger partial charge in [-0.3, -0.25) is 0 Å². The normalized spacial score (nSPS) is 11.2. The molecule has 1 aromatic heterocycles. The Morgan fingerprint density at radius 3 is 3.00 bits per heavy atom. The Bertz CT molecular complexity index is 467. The molecule has 0 saturated heterocycles. The second-order valence-electron chi connectivity index (χ2n) is 4.13. The van der Waals surface area contributed by atoms with Crippen LogP contribution >= 0.6 is 0 Å². The molecule has 0 bridgehead atoms. The average Bonchev–Trinajstić information content (AvgIpc) is 2.85. The minimum atomic E-state index is 0.171. The third kappa shape index (κ3) is 3.84. The van der Waals surface area contributed by atoms with Gasteiger partial charge in [-0.25, -0.2) is 0 Å². The molecule has 0 aliphatic carbocycles. The summed E-state index contributed by atoms with van der Waals surface area (Å²) >= 11 is 0. The average molecular weight is 249 g/mol. The molecule has 0 saturated carbocycles. The molecule has 0 aliphatic rings. The minimum Gasteiger partial charge on any atom is -0.464 e. The van der Waals surface area contributed by atoms with Gasteiger partial charge in [0.15, 0.2) is 0 Å². The monoisotopic (exact) mass is 249 g/mol. The molecular weight excluding hydrogens is 230 g/mol. The molecule has 0 unspecified atom stereocenters. The maximum atomic E-state index is 8.58. The van der Waals surface area contributed by atoms with Gasteiger partial charge in [0.2, 0.25) is 0 Å². The third-order valence-electron chi connectivity index (χ3n) is 2.76. The number of hydrogen-bond donors (Lipinski definition) is 2. The zero-order valence-corrected chi connectivity index (χ0v) is 10.4. The van der Waals surface area contributed by atoms with Crippen LogP contribution in [-0.2, 0) is 11.2 Å². The van der Waals surface area contributed by atoms with E-state index in [1.807, 2.05) is 12.1 Å². The first-order valence-electron chi connectivity index (χ1n) is 6.25. The van der Waals surface area contributed by atoms with Crippen LogP contribution in [0.4, 0.5) is 0 Å². The summed E-state index contributed by atoms with van der Waals surface area (Å²) < 4.78 is 10.8. The van der Waals surface area contributed by atoms with E-state index in [0.717, 1.165) is 23.9 Å². The molecule has 0 aliphatic heterocycles. The third-order valence-corrected chi connectivity index (χ3v) is 2.76. The van der Waals surface area contributed by atoms with Crippen LogP contribution in [0.3, 0.4) is 0 Å². The van der Waals surface area contributed by atoms with E-state index in [0.29, 0.717) is 19.8 Å². The van der Waals surface area contributed by atoms with Gasteiger partial charge in [0, 0.05) is 18.5 Å². The number of benzene rings is 1. The van der Waals surface area contributed by atoms with Gasteiger partial charge < -0.3 is 19.6 Å². The number of aliphatic hydroxyl groups is 1. The van der Waals surface area contributed by atoms with Crippen molar-refractivity contribution in [2.45, 2.75) is 6.42 Å². The predicted molar refractivity (Wildman–Crippen MR) is 70.7 cm³/mol. The maximum Gasteiger partial charge on any atom is 0.133 e. The smallest absolute Gasteiger partial charge is 0.133 e. The molecule has 0 fully saturated rings. The van der Waals surface area contributed by atoms with Gasteiger partial charge in [-0.15, -0.1) is 0 Å². The number of aliphatic hydroxyl groups excluding tert-OH is 1. The highest BCUT2D eigenvalue weighted by atomic mass is 16.5. The van der Waals surface area contributed by atoms with E-state index in [2.05, 4.69) is 17.4 Å². The van der Waals surface area contributed by atoms with E-state index in [4.69, 9.17) is 14.3 Å². The Labute approximate surface area is 107 Å². The summed E-state index contributed by atoms with van der Waals surface area (Å²) in [7, 11) is 0. The predicted octanol–water partition coefficient (Wildman–Crippen LogP) is 1.57. The summed E-state index contributed by atoms with van der Waals surface area (Å²) in [5.41, 5.74) is 2.18. The lowest BCUT2D eigenvalue weighted by Crippen LogP contribution is -2.23. The summed E-state index contributed by atoms with van der Waals surface area (Å²) in [4.78, 5) is 0. The van der Waals surface area contributed by atoms with Gasteiger partial charge >= 0.3 is 0 Å². The number of hydrogen-bond acceptors (Lipinski definition) is 4. The van der Waals surface area contributed by atoms with Crippen LogP contribution in [0.25, 0.3) is 11.0 Å². The molecule has 4 nitrogen and oxygen atoms in total. The molecule has 18 heavy (non-hydrogen) atoms. The Balaban J connectivity index is 1.67. The number of nitrogens with one attached hydrogen (secondary N) is 1. The SMILES string of the molecule is OCCNCCOCCc1ccc2occc2c1. The highest BCUT2D eigenvalue weighted by molar-refractivity contribution is 5.77. The lowest BCUT2D eigenvalue weighted by Gasteiger charge is -2.05. The Morgan fingerprint density at radius 1 is 1.17 bits per heavy atom. The highest BCUT2D eigenvalue weighted by Crippen LogP contribution is 2.17. The Hall–Kier alpha value is -1.36. The van der Waals surface area contributed by atoms with Crippen molar-refractivity contribution >= 4 is 11.0 Å². The summed E-state index contributed by atoms with van der Waals surface area (Å²) in [5, 5.41) is 12.8. The fourth-order valence-corrected chi connectivity index (χ4v) is 1.81. The fraction of sp³-hybridized carbons (Fsp3) is 0.429. The van der Waals surface area contributed by atoms with Gasteiger partial charge in [-0.2, -0.15) is 0 Å². The second-order valence-corrected chi connectivity index (χ2v) is 4.13. The minimum absolute atomic E-state index is 0.171. The summed E-state index contributed by atoms with van der Waals surface area (Å²) in [6.45, 7) is 2.96. The summed E-state index contributed by atoms with van der Waals surface area (Å²) in [6.07, 6.45) is 2.61. The standard InChI is InChI=1S/C14H19NO3/c16-7-5-15-6-10-17-8-3-12-1-2-14-13(11-12)4-9-18-14/h1-2,4,9,11,15-16H,3,5-8,10H2. The van der Waals surface area contributed by atoms with Gasteiger partial charge in [-0.05, 0) is 30.2 Å². The van der Waals surface area contributed by atoms with Crippen molar-refractivity contribution in [3.63, 3.8) is 0 Å². The first-order valence-corrected chi connectivity index (χ1v) is 6.25. The molecule has 1 heterocycles. The van der Waals surface area contributed by atoms with E-state index in [1.165, 1.54) is 5.56 Å². The maximum absolute atomic E-state index is 8.58. The Kier molecular flexibility index (Phi) is 5.20. The van der Waals surface area contributed by atoms with E-state index in [1.54, 1.807) is 6.26 Å². The molecule has 4 heteroatoms. The molecule has 2 N–H and O–H groups in total. The first kappa shape index (κ1) is 13.1. The highest BCUT2D eigenvalue weighted by Gasteiger charge is 1.99. The molecule has 0 amide bonds. The molecule has 98 valence electrons. The van der Waals surface area contributed by atoms with Crippen molar-refractivity contribution in [1.82, 2.24) is 5.32 Å². The lowest BCUT2D eigenvalue weighted by atomic mass is 10.1. The second kappa shape index (κ2) is 7.16. The van der Waals surface area contributed by atoms with Crippen LogP contribution in [0.1, 0.15) is 5.56 Å². The van der Waals surface area contributed by atoms with Crippen molar-refractivity contribution in [2.75, 3.05) is 32.9 Å². The van der Waals surface area contributed by atoms with Crippen LogP contribution in [0.2, 0.25) is 0 Å². The van der Waals surface area contributed by atoms with Crippen LogP contribution in [-0.4, -0.2) is 38.0 Å². The van der Waals surface area contributed by atoms with Crippen LogP contribution in [0.5, 0.6) is 0 Å². The number of fused-ring (bicyclic) bond motifs is 1. The van der Waals surface area contributed by atoms with Crippen molar-refractivity contribution in [3.05, 3.63) is 36.1 Å². The van der Waals surface area contributed by atoms with Crippen molar-refractivity contribution < 1.29 is 14.3 Å². The number of rotatable bonds is 8. The number of ether oxygens (including phenoxy) is 1. The van der Waals surface area contributed by atoms with Crippen molar-refractivity contribution in [2.24, 2.45) is 0 Å². The topological polar surface area (TPSA) is 54.6 Å². The van der Waals surface area contributed by atoms with Gasteiger partial charge in [0.25, 0.3) is 0 Å². The van der Waals surface area contributed by atoms with Gasteiger partial charge in [-0.1, -0.05) is 6.07 Å². The first-order chi connectivity index (χ1) is 8.90. The van der Waals surface area contributed by atoms with Crippen molar-refractivity contribution in [1.29, 1.82) is 0 Å². The van der Waals surface area contributed by atoms with Crippen LogP contribution in [0, 0.1) is 0 Å². The largest absolute Gasteiger partial charge is 0.464 e. The van der Waals surface area contributed by atoms with E-state index in [-0.39, 0.29) is 6.61 Å². The summed E-state index contributed by atoms with van der Waals surface area (Å²) in [6, 6.07) is 8.16. The molecule has 0 atom stereocenters. The lowest BCUT2D eigenvalue weighted by molar-refractivity contribution is 0.137. The fourth-order valence-electron chi connectivity index (χ4n) is 1.81. The molecule has 0 radical (unpaired) electrons. The summed E-state index contributed by atoms with van der Waals surface area (Å²) in [5.74, 6) is 0. The van der Waals surface area contributed by atoms with Gasteiger partial charge in [0.1, 0.15) is 5.58 Å². The number of furan rings is 1. The van der Waals surface area contributed by atoms with Gasteiger partial charge in [0.05, 0.1) is 26.1 Å².